The molecule has 8 heterocycles. The number of carbonyl (C=O) groups excluding carboxylic acids is 2. The summed E-state index contributed by atoms with van der Waals surface area (Å²) in [6.45, 7) is 19.5. The van der Waals surface area contributed by atoms with Crippen LogP contribution in [0.1, 0.15) is 255 Å². The molecule has 7 aromatic carbocycles. The molecule has 8 fully saturated rings. The van der Waals surface area contributed by atoms with Crippen LogP contribution in [0.5, 0.6) is 0 Å². The number of allylic oxidation sites excluding steroid dienone is 2. The highest BCUT2D eigenvalue weighted by Gasteiger charge is 2.45. The lowest BCUT2D eigenvalue weighted by Gasteiger charge is -2.39. The van der Waals surface area contributed by atoms with Crippen molar-refractivity contribution in [1.29, 1.82) is 1.28 Å². The van der Waals surface area contributed by atoms with Gasteiger partial charge in [0.25, 0.3) is 0 Å². The molecule has 2 atom stereocenters. The lowest BCUT2D eigenvalue weighted by Crippen LogP contribution is -2.45. The minimum absolute atomic E-state index is 0.0584. The molecule has 1 amide bonds. The van der Waals surface area contributed by atoms with E-state index in [1.807, 2.05) is 188 Å². The molecule has 5 aromatic heterocycles. The Labute approximate surface area is 859 Å². The second-order valence-corrected chi connectivity index (χ2v) is 41.8. The Morgan fingerprint density at radius 2 is 0.754 bits per heavy atom. The number of amides is 1. The number of Topliss-reactive ketones (excluding diaryl/α,β-unsaturated/α-hetero) is 1. The second-order valence-electron chi connectivity index (χ2n) is 37.6. The van der Waals surface area contributed by atoms with Crippen molar-refractivity contribution < 1.29 is 39.4 Å². The van der Waals surface area contributed by atoms with Crippen LogP contribution in [0.15, 0.2) is 212 Å². The fraction of sp³-hybridized carbons (Fsp3) is 0.505. The molecule has 2 saturated heterocycles. The topological polar surface area (TPSA) is 279 Å². The first kappa shape index (κ1) is 107. The normalized spacial score (nSPS) is 21.1. The Morgan fingerprint density at radius 1 is 0.451 bits per heavy atom. The number of rotatable bonds is 17. The van der Waals surface area contributed by atoms with Crippen molar-refractivity contribution >= 4 is 124 Å². The molecule has 12 aromatic rings. The van der Waals surface area contributed by atoms with Crippen LogP contribution in [0.2, 0.25) is 0 Å². The van der Waals surface area contributed by atoms with Crippen molar-refractivity contribution in [2.45, 2.75) is 314 Å². The van der Waals surface area contributed by atoms with Gasteiger partial charge < -0.3 is 45.3 Å². The van der Waals surface area contributed by atoms with Gasteiger partial charge in [0.05, 0.1) is 107 Å². The largest absolute Gasteiger partial charge is 0.400 e. The number of anilines is 1. The minimum Gasteiger partial charge on any atom is -0.400 e. The highest BCUT2D eigenvalue weighted by atomic mass is 127. The quantitative estimate of drug-likeness (QED) is 0.0285. The number of nitrogens with one attached hydrogen (secondary N) is 2. The van der Waals surface area contributed by atoms with Crippen molar-refractivity contribution in [3.8, 4) is 0 Å². The van der Waals surface area contributed by atoms with Crippen molar-refractivity contribution in [2.24, 2.45) is 5.73 Å². The van der Waals surface area contributed by atoms with E-state index < -0.39 is 14.1 Å². The maximum atomic E-state index is 12.9. The molecular weight excluding hydrogens is 1960 g/mol. The summed E-state index contributed by atoms with van der Waals surface area (Å²) < 4.78 is 65.5. The molecule has 31 heteroatoms. The number of alkyl halides is 2. The van der Waals surface area contributed by atoms with E-state index in [0.717, 1.165) is 241 Å². The molecule has 2 spiro atoms. The minimum atomic E-state index is -1.00. The predicted molar refractivity (Wildman–Crippen MR) is 588 cm³/mol. The number of aromatic nitrogens is 10. The summed E-state index contributed by atoms with van der Waals surface area (Å²) in [7, 11) is 2.20. The summed E-state index contributed by atoms with van der Waals surface area (Å²) in [5.41, 5.74) is 21.8. The van der Waals surface area contributed by atoms with Gasteiger partial charge in [0, 0.05) is 152 Å². The molecule has 3 aliphatic heterocycles. The third-order valence-electron chi connectivity index (χ3n) is 29.5. The van der Waals surface area contributed by atoms with Gasteiger partial charge in [0.2, 0.25) is 5.91 Å². The number of aliphatic hydroxyl groups excluding tert-OH is 1. The molecule has 22 rings (SSSR count). The number of aliphatic hydroxyl groups is 1. The highest BCUT2D eigenvalue weighted by molar-refractivity contribution is 14.1. The number of nitrogens with zero attached hydrogens (tertiary/aromatic N) is 11. The molecule has 26 nitrogen and oxygen atoms in total. The van der Waals surface area contributed by atoms with E-state index in [0.29, 0.717) is 113 Å². The van der Waals surface area contributed by atoms with Crippen LogP contribution in [0.25, 0.3) is 56.3 Å². The molecule has 0 radical (unpaired) electrons. The first-order valence-corrected chi connectivity index (χ1v) is 56.4. The zero-order valence-electron chi connectivity index (χ0n) is 85.7. The molecule has 142 heavy (non-hydrogen) atoms. The summed E-state index contributed by atoms with van der Waals surface area (Å²) in [4.78, 5) is 89.4. The number of para-hydroxylation sites is 9. The lowest BCUT2D eigenvalue weighted by molar-refractivity contribution is -0.181. The number of benzene rings is 7. The van der Waals surface area contributed by atoms with Gasteiger partial charge in [-0.15, -0.1) is 0 Å². The highest BCUT2D eigenvalue weighted by Crippen LogP contribution is 2.44. The Hall–Kier alpha value is -9.55. The zero-order chi connectivity index (χ0) is 102. The average Bonchev–Trinajstić information content (AvgIpc) is 1.61. The molecule has 6 saturated carbocycles. The summed E-state index contributed by atoms with van der Waals surface area (Å²) in [5.74, 6) is -0.161. The first-order valence-electron chi connectivity index (χ1n) is 52.5. The summed E-state index contributed by atoms with van der Waals surface area (Å²) in [6.07, 6.45) is 32.4. The second kappa shape index (κ2) is 54.0. The number of ether oxygens (including phenoxy) is 4. The van der Waals surface area contributed by atoms with E-state index in [1.54, 1.807) is 0 Å². The van der Waals surface area contributed by atoms with Crippen LogP contribution in [0.4, 0.5) is 10.1 Å². The number of hydrogen-bond donors (Lipinski definition) is 4. The number of carbonyl (C=O) groups is 2. The predicted octanol–water partition coefficient (Wildman–Crippen LogP) is 20.2. The van der Waals surface area contributed by atoms with E-state index in [2.05, 4.69) is 164 Å². The van der Waals surface area contributed by atoms with E-state index in [4.69, 9.17) is 32.4 Å². The SMILES string of the molecule is CCI.CCn1c(=O)n(C2CCC(=O)CC2)c2ccccc21.CCn1c(=O)n(C2CCC(N)CC2)c2ccccc21.CCn1c(=O)n(C2CCC(NCc3ccccc3)CC2)c2ccccc21.CCn1c(=O)n(C2CCC3(CC2)OCCO3)c2ccccc21.CCn1c2c(n(C3CCC(NCc4ccccc4)CC3)c1=O)C=[C+]C=C2.CO.O=C1Cc2ccccc2N1C1CCC2(CC1)OCCO2.[2H]CF.[3H][P+](P)=S. The standard InChI is InChI=1S/C22H27N3O.C22H26N3O.C17H22N2O3.C16H19NO3.C15H21N3O.C15H18N2O2.C2H5I.CH3F.CH4O.H2P2S/c2*1-2-24-20-10-6-7-11-21(20)25(22(24)26)19-14-12-18(13-15-19)23-16-17-8-4-3-5-9-17;1-2-18-14-5-3-4-6-15(14)19(16(18)20)13-7-9-17(10-8-13)21-11-12-22-17;18-15-11-12-3-1-2-4-14(12)17(15)13-5-7-16(8-6-13)19-9-10-20-16;1-2-17-13-5-3-4-6-14(13)18(15(17)19)12-9-7-11(16)8-10-12;1-2-16-13-5-3-4-6-14(13)17(15(16)19)11-7-9-12(18)10-8-11;1-2-3;2*1-2;1-2-3/h3-11,18-19,23H,2,12-16H2,1H3;3-6,8-11,18-19,23H,2,12-16H2,1H3;3-6,13H,2,7-12H2,1H3;1-4,13H,5-11H2;3-6,11-12H,2,7-10,16H2,1H3;3-6,11H,2,7-10H2,1H3;2H2,1H3;1H3;2H,1H3;1H2/q;+1;;;;;;;;/p+1/i;;;;;;;1D;;/hT. The van der Waals surface area contributed by atoms with Crippen LogP contribution in [-0.4, -0.2) is 145 Å². The average molecular weight is 2110 g/mol. The maximum absolute atomic E-state index is 12.9. The third kappa shape index (κ3) is 25.9. The van der Waals surface area contributed by atoms with Gasteiger partial charge in [-0.3, -0.25) is 55.1 Å². The Morgan fingerprint density at radius 3 is 1.12 bits per heavy atom. The molecule has 7 aliphatic carbocycles. The number of nitrogens with two attached hydrogens (primary N) is 1. The fourth-order valence-electron chi connectivity index (χ4n) is 22.6. The van der Waals surface area contributed by atoms with E-state index in [9.17, 15) is 38.0 Å². The van der Waals surface area contributed by atoms with Crippen LogP contribution in [0, 0.1) is 6.08 Å². The number of halogens is 2. The number of fused-ring (bicyclic) bond motifs is 6. The number of aryl methyl sites for hydroxylation is 4. The number of hydrogen-bond acceptors (Lipinski definition) is 16. The first-order chi connectivity index (χ1) is 70.1. The van der Waals surface area contributed by atoms with Gasteiger partial charge in [0.15, 0.2) is 41.8 Å². The fourth-order valence-corrected chi connectivity index (χ4v) is 22.6. The number of ketones is 1. The molecule has 0 bridgehead atoms. The van der Waals surface area contributed by atoms with Gasteiger partial charge in [-0.25, -0.2) is 28.5 Å². The molecule has 762 valence electrons. The van der Waals surface area contributed by atoms with E-state index >= 15 is 0 Å². The van der Waals surface area contributed by atoms with Gasteiger partial charge in [-0.2, -0.15) is 0 Å². The maximum Gasteiger partial charge on any atom is 0.355 e. The Kier molecular flexibility index (Phi) is 40.6. The van der Waals surface area contributed by atoms with Crippen LogP contribution in [0.3, 0.4) is 0 Å². The van der Waals surface area contributed by atoms with Crippen LogP contribution in [-0.2, 0) is 92.6 Å². The summed E-state index contributed by atoms with van der Waals surface area (Å²) >= 11 is 6.60. The summed E-state index contributed by atoms with van der Waals surface area (Å²) in [6, 6.07) is 64.5. The Balaban J connectivity index is 0.000000142. The lowest BCUT2D eigenvalue weighted by atomic mass is 9.89. The van der Waals surface area contributed by atoms with E-state index in [1.165, 1.54) is 15.6 Å². The number of imidazole rings is 5. The van der Waals surface area contributed by atoms with Crippen molar-refractivity contribution in [3.63, 3.8) is 0 Å². The van der Waals surface area contributed by atoms with Gasteiger partial charge in [0.1, 0.15) is 17.9 Å². The monoisotopic (exact) mass is 2110 g/mol. The molecule has 5 N–H and O–H groups in total. The van der Waals surface area contributed by atoms with Gasteiger partial charge in [-0.1, -0.05) is 157 Å². The van der Waals surface area contributed by atoms with Crippen molar-refractivity contribution in [2.75, 3.05) is 50.0 Å². The molecule has 10 aliphatic rings. The summed E-state index contributed by atoms with van der Waals surface area (Å²) in [5, 5.41) is 14.4. The van der Waals surface area contributed by atoms with Crippen LogP contribution < -0.4 is 49.7 Å². The molecular formula is C111H148FIN14O12P2S+2. The Bertz CT molecular complexity index is 6520. The third-order valence-corrected chi connectivity index (χ3v) is 29.5. The van der Waals surface area contributed by atoms with Crippen molar-refractivity contribution in [1.82, 2.24) is 56.3 Å². The van der Waals surface area contributed by atoms with Crippen molar-refractivity contribution in [3.05, 3.63) is 275 Å². The zero-order valence-corrected chi connectivity index (χ0v) is 88.8. The molecule has 2 unspecified atom stereocenters. The van der Waals surface area contributed by atoms with Crippen LogP contribution >= 0.6 is 38.5 Å². The van der Waals surface area contributed by atoms with Gasteiger partial charge >= 0.3 is 29.7 Å². The smallest absolute Gasteiger partial charge is 0.355 e. The van der Waals surface area contributed by atoms with E-state index in [-0.39, 0.29) is 58.0 Å². The van der Waals surface area contributed by atoms with Gasteiger partial charge in [-0.05, 0) is 226 Å².